The van der Waals surface area contributed by atoms with Crippen LogP contribution in [0.2, 0.25) is 0 Å². The Bertz CT molecular complexity index is 319. The Morgan fingerprint density at radius 1 is 1.62 bits per heavy atom. The number of rotatable bonds is 5. The maximum absolute atomic E-state index is 12.1. The molecule has 0 aromatic heterocycles. The number of carboxylic acids is 1. The van der Waals surface area contributed by atoms with E-state index in [0.29, 0.717) is 12.8 Å². The average molecular weight is 224 g/mol. The van der Waals surface area contributed by atoms with Crippen molar-refractivity contribution < 1.29 is 14.7 Å². The third-order valence-corrected chi connectivity index (χ3v) is 3.61. The molecule has 0 radical (unpaired) electrons. The number of allylic oxidation sites excluding steroid dienone is 1. The van der Waals surface area contributed by atoms with E-state index >= 15 is 0 Å². The molecule has 90 valence electrons. The first kappa shape index (κ1) is 12.9. The largest absolute Gasteiger partial charge is 0.481 e. The van der Waals surface area contributed by atoms with Crippen LogP contribution in [0.3, 0.4) is 0 Å². The molecule has 0 amide bonds. The predicted octanol–water partition coefficient (Wildman–Crippen LogP) is 2.80. The van der Waals surface area contributed by atoms with Gasteiger partial charge in [0.25, 0.3) is 0 Å². The standard InChI is InChI=1S/C13H20O3/c1-9(2)10-6-8-13(3,12(10)16)7-4-5-11(14)15/h10H,1,4-8H2,2-3H3,(H,14,15). The molecule has 1 aliphatic carbocycles. The van der Waals surface area contributed by atoms with Crippen molar-refractivity contribution in [2.24, 2.45) is 11.3 Å². The van der Waals surface area contributed by atoms with Crippen LogP contribution in [0.1, 0.15) is 46.0 Å². The molecule has 0 aromatic rings. The smallest absolute Gasteiger partial charge is 0.303 e. The molecule has 1 saturated carbocycles. The van der Waals surface area contributed by atoms with Crippen LogP contribution in [0.4, 0.5) is 0 Å². The van der Waals surface area contributed by atoms with Gasteiger partial charge in [0.2, 0.25) is 0 Å². The first-order chi connectivity index (χ1) is 7.37. The number of Topliss-reactive ketones (excluding diaryl/α,β-unsaturated/α-hetero) is 1. The quantitative estimate of drug-likeness (QED) is 0.730. The fraction of sp³-hybridized carbons (Fsp3) is 0.692. The molecule has 1 fully saturated rings. The highest BCUT2D eigenvalue weighted by molar-refractivity contribution is 5.90. The van der Waals surface area contributed by atoms with Gasteiger partial charge >= 0.3 is 5.97 Å². The van der Waals surface area contributed by atoms with Crippen molar-refractivity contribution >= 4 is 11.8 Å². The zero-order valence-electron chi connectivity index (χ0n) is 10.1. The second-order valence-electron chi connectivity index (χ2n) is 5.11. The summed E-state index contributed by atoms with van der Waals surface area (Å²) >= 11 is 0. The highest BCUT2D eigenvalue weighted by Gasteiger charge is 2.43. The Kier molecular flexibility index (Phi) is 3.89. The van der Waals surface area contributed by atoms with E-state index in [2.05, 4.69) is 6.58 Å². The fourth-order valence-corrected chi connectivity index (χ4v) is 2.49. The Hall–Kier alpha value is -1.12. The molecule has 3 heteroatoms. The Labute approximate surface area is 96.5 Å². The summed E-state index contributed by atoms with van der Waals surface area (Å²) in [5.74, 6) is -0.536. The minimum atomic E-state index is -0.787. The zero-order chi connectivity index (χ0) is 12.3. The van der Waals surface area contributed by atoms with Gasteiger partial charge < -0.3 is 5.11 Å². The maximum atomic E-state index is 12.1. The minimum absolute atomic E-state index is 0.00479. The normalized spacial score (nSPS) is 29.4. The Morgan fingerprint density at radius 2 is 2.25 bits per heavy atom. The third kappa shape index (κ3) is 2.71. The second kappa shape index (κ2) is 4.81. The molecule has 0 heterocycles. The van der Waals surface area contributed by atoms with Gasteiger partial charge in [-0.3, -0.25) is 9.59 Å². The molecular weight excluding hydrogens is 204 g/mol. The predicted molar refractivity (Wildman–Crippen MR) is 62.1 cm³/mol. The van der Waals surface area contributed by atoms with Gasteiger partial charge in [-0.1, -0.05) is 19.1 Å². The number of carbonyl (C=O) groups excluding carboxylic acids is 1. The number of hydrogen-bond acceptors (Lipinski definition) is 2. The van der Waals surface area contributed by atoms with Crippen LogP contribution in [-0.2, 0) is 9.59 Å². The summed E-state index contributed by atoms with van der Waals surface area (Å²) in [6.45, 7) is 7.70. The van der Waals surface area contributed by atoms with Crippen LogP contribution in [0.5, 0.6) is 0 Å². The number of carboxylic acid groups (broad SMARTS) is 1. The maximum Gasteiger partial charge on any atom is 0.303 e. The van der Waals surface area contributed by atoms with Gasteiger partial charge in [0, 0.05) is 17.8 Å². The van der Waals surface area contributed by atoms with Gasteiger partial charge in [-0.05, 0) is 32.6 Å². The lowest BCUT2D eigenvalue weighted by atomic mass is 9.80. The summed E-state index contributed by atoms with van der Waals surface area (Å²) in [5.41, 5.74) is 0.617. The van der Waals surface area contributed by atoms with E-state index in [1.165, 1.54) is 0 Å². The topological polar surface area (TPSA) is 54.4 Å². The van der Waals surface area contributed by atoms with Crippen LogP contribution in [0.25, 0.3) is 0 Å². The van der Waals surface area contributed by atoms with Crippen LogP contribution in [0.15, 0.2) is 12.2 Å². The minimum Gasteiger partial charge on any atom is -0.481 e. The summed E-state index contributed by atoms with van der Waals surface area (Å²) in [6.07, 6.45) is 3.16. The summed E-state index contributed by atoms with van der Waals surface area (Å²) in [6, 6.07) is 0. The summed E-state index contributed by atoms with van der Waals surface area (Å²) in [5, 5.41) is 8.58. The van der Waals surface area contributed by atoms with Crippen LogP contribution in [0, 0.1) is 11.3 Å². The molecule has 0 saturated heterocycles. The number of hydrogen-bond donors (Lipinski definition) is 1. The van der Waals surface area contributed by atoms with Crippen molar-refractivity contribution in [3.8, 4) is 0 Å². The van der Waals surface area contributed by atoms with E-state index in [-0.39, 0.29) is 23.5 Å². The van der Waals surface area contributed by atoms with Crippen LogP contribution in [-0.4, -0.2) is 16.9 Å². The lowest BCUT2D eigenvalue weighted by molar-refractivity contribution is -0.137. The molecule has 0 aromatic carbocycles. The number of ketones is 1. The SMILES string of the molecule is C=C(C)C1CCC(C)(CCCC(=O)O)C1=O. The van der Waals surface area contributed by atoms with E-state index in [1.54, 1.807) is 0 Å². The molecular formula is C13H20O3. The van der Waals surface area contributed by atoms with E-state index in [0.717, 1.165) is 18.4 Å². The van der Waals surface area contributed by atoms with Crippen molar-refractivity contribution in [3.63, 3.8) is 0 Å². The second-order valence-corrected chi connectivity index (χ2v) is 5.11. The Balaban J connectivity index is 2.56. The van der Waals surface area contributed by atoms with Gasteiger partial charge in [-0.15, -0.1) is 0 Å². The fourth-order valence-electron chi connectivity index (χ4n) is 2.49. The summed E-state index contributed by atoms with van der Waals surface area (Å²) in [7, 11) is 0. The molecule has 0 aliphatic heterocycles. The summed E-state index contributed by atoms with van der Waals surface area (Å²) < 4.78 is 0. The molecule has 1 N–H and O–H groups in total. The molecule has 0 bridgehead atoms. The van der Waals surface area contributed by atoms with Crippen LogP contribution < -0.4 is 0 Å². The van der Waals surface area contributed by atoms with E-state index in [1.807, 2.05) is 13.8 Å². The monoisotopic (exact) mass is 224 g/mol. The Morgan fingerprint density at radius 3 is 2.69 bits per heavy atom. The molecule has 16 heavy (non-hydrogen) atoms. The number of aliphatic carboxylic acids is 1. The van der Waals surface area contributed by atoms with Crippen molar-refractivity contribution in [2.45, 2.75) is 46.0 Å². The molecule has 1 rings (SSSR count). The molecule has 2 atom stereocenters. The lowest BCUT2D eigenvalue weighted by Crippen LogP contribution is -2.25. The van der Waals surface area contributed by atoms with Crippen molar-refractivity contribution in [1.82, 2.24) is 0 Å². The van der Waals surface area contributed by atoms with E-state index in [9.17, 15) is 9.59 Å². The van der Waals surface area contributed by atoms with E-state index in [4.69, 9.17) is 5.11 Å². The average Bonchev–Trinajstić information content (AvgIpc) is 2.43. The van der Waals surface area contributed by atoms with E-state index < -0.39 is 5.97 Å². The van der Waals surface area contributed by atoms with Gasteiger partial charge in [-0.25, -0.2) is 0 Å². The first-order valence-electron chi connectivity index (χ1n) is 5.78. The molecule has 1 aliphatic rings. The van der Waals surface area contributed by atoms with Gasteiger partial charge in [0.05, 0.1) is 0 Å². The molecule has 2 unspecified atom stereocenters. The van der Waals surface area contributed by atoms with Crippen molar-refractivity contribution in [2.75, 3.05) is 0 Å². The molecule has 0 spiro atoms. The number of carbonyl (C=O) groups is 2. The van der Waals surface area contributed by atoms with Gasteiger partial charge in [-0.2, -0.15) is 0 Å². The van der Waals surface area contributed by atoms with Crippen molar-refractivity contribution in [1.29, 1.82) is 0 Å². The third-order valence-electron chi connectivity index (χ3n) is 3.61. The van der Waals surface area contributed by atoms with Gasteiger partial charge in [0.15, 0.2) is 0 Å². The highest BCUT2D eigenvalue weighted by Crippen LogP contribution is 2.44. The lowest BCUT2D eigenvalue weighted by Gasteiger charge is -2.22. The van der Waals surface area contributed by atoms with Crippen LogP contribution >= 0.6 is 0 Å². The summed E-state index contributed by atoms with van der Waals surface area (Å²) in [4.78, 5) is 22.6. The highest BCUT2D eigenvalue weighted by atomic mass is 16.4. The molecule has 3 nitrogen and oxygen atoms in total. The first-order valence-corrected chi connectivity index (χ1v) is 5.78. The van der Waals surface area contributed by atoms with Crippen molar-refractivity contribution in [3.05, 3.63) is 12.2 Å². The zero-order valence-corrected chi connectivity index (χ0v) is 10.1. The van der Waals surface area contributed by atoms with Gasteiger partial charge in [0.1, 0.15) is 5.78 Å².